The van der Waals surface area contributed by atoms with Gasteiger partial charge in [0.25, 0.3) is 0 Å². The summed E-state index contributed by atoms with van der Waals surface area (Å²) in [7, 11) is -3.82. The van der Waals surface area contributed by atoms with Crippen molar-refractivity contribution in [2.75, 3.05) is 50.2 Å². The van der Waals surface area contributed by atoms with Crippen LogP contribution in [0.4, 0.5) is 38.0 Å². The molecule has 28 heteroatoms. The van der Waals surface area contributed by atoms with E-state index < -0.39 is 46.7 Å². The molecule has 0 bridgehead atoms. The Morgan fingerprint density at radius 2 is 1.16 bits per heavy atom. The number of aliphatic hydroxyl groups is 2. The Bertz CT molecular complexity index is 3210. The fourth-order valence-corrected chi connectivity index (χ4v) is 9.58. The standard InChI is InChI=1S/C24H31F3N6O2Si.C14H12BrF3N4O.C10H21BN2O3Si/c1-16-13-30-32(15-35-10-11-36(2,3)4)21(16)20-14-29-23-22(28-8-5-9-34)31-18-12-17(24(25,26)27)6-7-19(18)33(20)23;15-11-7-20-13-12(19-4-1-5-23)21-9-6-8(14(16,17)18)2-3-10(9)22(11)13;1-9-7-10(11(14)15)13(12-9)8-16-5-6-17(2,3)4/h6-7,12-14,34H,5,8-11,15H2,1-4H3,(H,28,31);2-3,6-7,23H,1,4-5H2,(H,19,21);7,14-15H,5-6,8H2,1-4H3. The molecule has 0 amide bonds. The van der Waals surface area contributed by atoms with Gasteiger partial charge in [-0.3, -0.25) is 8.80 Å². The van der Waals surface area contributed by atoms with Crippen LogP contribution in [-0.4, -0.2) is 131 Å². The minimum Gasteiger partial charge on any atom is -0.422 e. The number of anilines is 2. The number of aliphatic hydroxyl groups excluding tert-OH is 2. The van der Waals surface area contributed by atoms with Crippen molar-refractivity contribution in [1.82, 2.24) is 48.3 Å². The van der Waals surface area contributed by atoms with Gasteiger partial charge in [-0.15, -0.1) is 0 Å². The first-order chi connectivity index (χ1) is 35.7. The minimum atomic E-state index is -4.49. The Balaban J connectivity index is 0.000000201. The molecule has 8 rings (SSSR count). The molecular weight excluding hydrogens is 1100 g/mol. The Hall–Kier alpha value is -5.46. The van der Waals surface area contributed by atoms with E-state index in [2.05, 4.69) is 96.0 Å². The van der Waals surface area contributed by atoms with Crippen molar-refractivity contribution in [3.8, 4) is 11.4 Å². The van der Waals surface area contributed by atoms with Crippen molar-refractivity contribution >= 4 is 89.8 Å². The Morgan fingerprint density at radius 1 is 0.671 bits per heavy atom. The van der Waals surface area contributed by atoms with Gasteiger partial charge in [-0.05, 0) is 103 Å². The summed E-state index contributed by atoms with van der Waals surface area (Å²) in [6.45, 7) is 20.1. The molecule has 0 fully saturated rings. The Labute approximate surface area is 445 Å². The second-order valence-electron chi connectivity index (χ2n) is 20.3. The highest BCUT2D eigenvalue weighted by Gasteiger charge is 2.32. The molecule has 0 unspecified atom stereocenters. The lowest BCUT2D eigenvalue weighted by Crippen LogP contribution is -2.37. The number of aryl methyl sites for hydroxylation is 2. The van der Waals surface area contributed by atoms with E-state index in [-0.39, 0.29) is 37.7 Å². The number of hydrogen-bond acceptors (Lipinski definition) is 14. The molecule has 0 aliphatic heterocycles. The van der Waals surface area contributed by atoms with Crippen LogP contribution in [0.2, 0.25) is 51.4 Å². The van der Waals surface area contributed by atoms with Crippen LogP contribution in [0.15, 0.2) is 65.7 Å². The quantitative estimate of drug-likeness (QED) is 0.0239. The summed E-state index contributed by atoms with van der Waals surface area (Å²) < 4.78 is 97.8. The van der Waals surface area contributed by atoms with Crippen LogP contribution >= 0.6 is 15.9 Å². The van der Waals surface area contributed by atoms with Gasteiger partial charge in [0.05, 0.1) is 74.5 Å². The molecule has 6 heterocycles. The van der Waals surface area contributed by atoms with Gasteiger partial charge in [0, 0.05) is 55.7 Å². The number of fused-ring (bicyclic) bond motifs is 6. The van der Waals surface area contributed by atoms with Crippen molar-refractivity contribution in [3.63, 3.8) is 0 Å². The van der Waals surface area contributed by atoms with E-state index in [1.165, 1.54) is 16.8 Å². The lowest BCUT2D eigenvalue weighted by molar-refractivity contribution is -0.138. The molecule has 2 aromatic carbocycles. The lowest BCUT2D eigenvalue weighted by atomic mass is 9.86. The van der Waals surface area contributed by atoms with Crippen LogP contribution in [0.1, 0.15) is 35.2 Å². The molecule has 6 aromatic heterocycles. The fraction of sp³-hybridized carbons (Fsp3) is 0.458. The predicted octanol–water partition coefficient (Wildman–Crippen LogP) is 8.82. The van der Waals surface area contributed by atoms with Crippen LogP contribution < -0.4 is 16.2 Å². The maximum absolute atomic E-state index is 13.4. The molecule has 8 aromatic rings. The van der Waals surface area contributed by atoms with Crippen LogP contribution in [0, 0.1) is 13.8 Å². The van der Waals surface area contributed by atoms with Gasteiger partial charge in [-0.25, -0.2) is 29.3 Å². The molecule has 0 aliphatic carbocycles. The summed E-state index contributed by atoms with van der Waals surface area (Å²) >= 11 is 3.34. The second kappa shape index (κ2) is 25.3. The van der Waals surface area contributed by atoms with E-state index in [1.54, 1.807) is 38.1 Å². The van der Waals surface area contributed by atoms with E-state index in [0.29, 0.717) is 89.0 Å². The van der Waals surface area contributed by atoms with E-state index in [9.17, 15) is 26.3 Å². The molecule has 0 aliphatic rings. The third-order valence-electron chi connectivity index (χ3n) is 11.6. The zero-order chi connectivity index (χ0) is 55.8. The molecule has 0 radical (unpaired) electrons. The van der Waals surface area contributed by atoms with Gasteiger partial charge >= 0.3 is 19.5 Å². The molecule has 76 heavy (non-hydrogen) atoms. The van der Waals surface area contributed by atoms with E-state index in [4.69, 9.17) is 29.7 Å². The Kier molecular flexibility index (Phi) is 19.9. The molecule has 6 N–H and O–H groups in total. The monoisotopic (exact) mass is 1160 g/mol. The van der Waals surface area contributed by atoms with E-state index in [1.807, 2.05) is 13.8 Å². The SMILES string of the molecule is Cc1cc(B(O)O)n(COCC[Si](C)(C)C)n1.Cc1cnn(COCC[Si](C)(C)C)c1-c1cnc2c(NCCCO)nc3cc(C(F)(F)F)ccc3n12.OCCCNc1nc2cc(C(F)(F)F)ccc2n2c(Br)cnc12. The first-order valence-corrected chi connectivity index (χ1v) is 32.6. The van der Waals surface area contributed by atoms with Gasteiger partial charge in [0.1, 0.15) is 18.1 Å². The van der Waals surface area contributed by atoms with Crippen molar-refractivity contribution < 1.29 is 56.1 Å². The number of imidazole rings is 2. The molecule has 0 atom stereocenters. The van der Waals surface area contributed by atoms with Gasteiger partial charge in [-0.2, -0.15) is 36.5 Å². The maximum Gasteiger partial charge on any atom is 0.507 e. The molecular formula is C48H64BBrF6N12O6Si2. The van der Waals surface area contributed by atoms with E-state index in [0.717, 1.165) is 53.3 Å². The van der Waals surface area contributed by atoms with Crippen molar-refractivity contribution in [2.45, 2.75) is 104 Å². The highest BCUT2D eigenvalue weighted by Crippen LogP contribution is 2.36. The first kappa shape index (κ1) is 59.8. The van der Waals surface area contributed by atoms with Crippen molar-refractivity contribution in [1.29, 1.82) is 0 Å². The van der Waals surface area contributed by atoms with Crippen molar-refractivity contribution in [3.05, 3.63) is 88.0 Å². The van der Waals surface area contributed by atoms with Crippen LogP contribution in [0.5, 0.6) is 0 Å². The molecule has 0 saturated heterocycles. The first-order valence-electron chi connectivity index (χ1n) is 24.4. The zero-order valence-corrected chi connectivity index (χ0v) is 47.1. The van der Waals surface area contributed by atoms with Crippen molar-refractivity contribution in [2.24, 2.45) is 0 Å². The topological polar surface area (TPSA) is 219 Å². The Morgan fingerprint density at radius 3 is 1.64 bits per heavy atom. The minimum absolute atomic E-state index is 0.00717. The highest BCUT2D eigenvalue weighted by atomic mass is 79.9. The van der Waals surface area contributed by atoms with Crippen LogP contribution in [0.25, 0.3) is 44.7 Å². The average molecular weight is 1170 g/mol. The normalized spacial score (nSPS) is 12.4. The van der Waals surface area contributed by atoms with Crippen LogP contribution in [0.3, 0.4) is 0 Å². The molecule has 412 valence electrons. The number of hydrogen-bond donors (Lipinski definition) is 6. The number of nitrogens with one attached hydrogen (secondary N) is 2. The van der Waals surface area contributed by atoms with Gasteiger partial charge in [0.15, 0.2) is 22.9 Å². The number of aromatic nitrogens is 10. The zero-order valence-electron chi connectivity index (χ0n) is 43.6. The maximum atomic E-state index is 13.4. The third kappa shape index (κ3) is 15.6. The summed E-state index contributed by atoms with van der Waals surface area (Å²) in [6.07, 6.45) is -2.99. The van der Waals surface area contributed by atoms with Crippen LogP contribution in [-0.2, 0) is 35.3 Å². The predicted molar refractivity (Wildman–Crippen MR) is 290 cm³/mol. The number of rotatable bonds is 20. The number of ether oxygens (including phenoxy) is 2. The van der Waals surface area contributed by atoms with Gasteiger partial charge in [-0.1, -0.05) is 39.3 Å². The number of halogens is 7. The fourth-order valence-electron chi connectivity index (χ4n) is 7.61. The summed E-state index contributed by atoms with van der Waals surface area (Å²) in [5.74, 6) is 0.715. The second-order valence-corrected chi connectivity index (χ2v) is 32.4. The largest absolute Gasteiger partial charge is 0.507 e. The summed E-state index contributed by atoms with van der Waals surface area (Å²) in [4.78, 5) is 17.5. The number of alkyl halides is 6. The molecule has 0 spiro atoms. The van der Waals surface area contributed by atoms with E-state index >= 15 is 0 Å². The summed E-state index contributed by atoms with van der Waals surface area (Å²) in [5, 5.41) is 51.0. The third-order valence-corrected chi connectivity index (χ3v) is 15.6. The van der Waals surface area contributed by atoms with Gasteiger partial charge in [0.2, 0.25) is 0 Å². The highest BCUT2D eigenvalue weighted by molar-refractivity contribution is 9.10. The number of benzene rings is 2. The number of nitrogens with zero attached hydrogens (tertiary/aromatic N) is 10. The van der Waals surface area contributed by atoms with Gasteiger partial charge < -0.3 is 40.4 Å². The molecule has 0 saturated carbocycles. The average Bonchev–Trinajstić information content (AvgIpc) is 4.14. The molecule has 18 nitrogen and oxygen atoms in total. The smallest absolute Gasteiger partial charge is 0.422 e. The lowest BCUT2D eigenvalue weighted by Gasteiger charge is -2.16. The summed E-state index contributed by atoms with van der Waals surface area (Å²) in [5.41, 5.74) is 4.29. The summed E-state index contributed by atoms with van der Waals surface area (Å²) in [6, 6.07) is 10.7.